The normalized spacial score (nSPS) is 16.3. The highest BCUT2D eigenvalue weighted by molar-refractivity contribution is 7.98. The molecule has 1 aliphatic rings. The highest BCUT2D eigenvalue weighted by Crippen LogP contribution is 2.44. The fourth-order valence-corrected chi connectivity index (χ4v) is 3.71. The van der Waals surface area contributed by atoms with Gasteiger partial charge in [0.15, 0.2) is 5.75 Å². The predicted octanol–water partition coefficient (Wildman–Crippen LogP) is 5.46. The Balaban J connectivity index is 1.77. The van der Waals surface area contributed by atoms with Crippen molar-refractivity contribution in [2.24, 2.45) is 0 Å². The molecule has 0 amide bonds. The molecule has 3 aromatic carbocycles. The third kappa shape index (κ3) is 2.22. The number of thioether (sulfide) groups is 1. The maximum atomic E-state index is 6.26. The molecule has 0 bridgehead atoms. The Bertz CT molecular complexity index is 825. The van der Waals surface area contributed by atoms with Crippen molar-refractivity contribution < 1.29 is 4.74 Å². The van der Waals surface area contributed by atoms with Gasteiger partial charge in [-0.05, 0) is 29.3 Å². The monoisotopic (exact) mass is 307 g/mol. The standard InChI is InChI=1S/C19H17NOS/c1-22-18-12-20-19-15(18)9-5-11-17(19)21-16-10-4-7-13-6-2-3-8-14(13)16/h2-11,18,20H,12H2,1H3. The van der Waals surface area contributed by atoms with Crippen molar-refractivity contribution in [3.05, 3.63) is 66.2 Å². The Labute approximate surface area is 134 Å². The zero-order chi connectivity index (χ0) is 14.9. The lowest BCUT2D eigenvalue weighted by Crippen LogP contribution is -1.97. The van der Waals surface area contributed by atoms with Crippen LogP contribution in [0, 0.1) is 0 Å². The molecule has 1 N–H and O–H groups in total. The SMILES string of the molecule is CSC1CNc2c(Oc3cccc4ccccc34)cccc21. The van der Waals surface area contributed by atoms with Crippen LogP contribution < -0.4 is 10.1 Å². The van der Waals surface area contributed by atoms with Crippen molar-refractivity contribution in [3.8, 4) is 11.5 Å². The molecule has 22 heavy (non-hydrogen) atoms. The molecule has 1 atom stereocenters. The molecular formula is C19H17NOS. The van der Waals surface area contributed by atoms with Crippen LogP contribution in [0.25, 0.3) is 10.8 Å². The van der Waals surface area contributed by atoms with Crippen LogP contribution in [0.4, 0.5) is 5.69 Å². The van der Waals surface area contributed by atoms with Crippen LogP contribution in [0.2, 0.25) is 0 Å². The minimum Gasteiger partial charge on any atom is -0.455 e. The molecule has 2 nitrogen and oxygen atoms in total. The van der Waals surface area contributed by atoms with Gasteiger partial charge in [0.2, 0.25) is 0 Å². The summed E-state index contributed by atoms with van der Waals surface area (Å²) in [6, 6.07) is 20.8. The van der Waals surface area contributed by atoms with E-state index < -0.39 is 0 Å². The van der Waals surface area contributed by atoms with Crippen LogP contribution in [0.3, 0.4) is 0 Å². The summed E-state index contributed by atoms with van der Waals surface area (Å²) >= 11 is 1.87. The largest absolute Gasteiger partial charge is 0.455 e. The van der Waals surface area contributed by atoms with Gasteiger partial charge >= 0.3 is 0 Å². The summed E-state index contributed by atoms with van der Waals surface area (Å²) in [5, 5.41) is 6.34. The van der Waals surface area contributed by atoms with Crippen LogP contribution in [-0.2, 0) is 0 Å². The number of ether oxygens (including phenoxy) is 1. The molecule has 110 valence electrons. The highest BCUT2D eigenvalue weighted by Gasteiger charge is 2.24. The third-order valence-corrected chi connectivity index (χ3v) is 5.11. The lowest BCUT2D eigenvalue weighted by atomic mass is 10.1. The van der Waals surface area contributed by atoms with Crippen LogP contribution in [0.5, 0.6) is 11.5 Å². The van der Waals surface area contributed by atoms with E-state index in [0.29, 0.717) is 5.25 Å². The second kappa shape index (κ2) is 5.58. The Hall–Kier alpha value is -2.13. The van der Waals surface area contributed by atoms with Gasteiger partial charge in [0, 0.05) is 17.2 Å². The average Bonchev–Trinajstić information content (AvgIpc) is 2.99. The summed E-state index contributed by atoms with van der Waals surface area (Å²) in [6.45, 7) is 0.965. The number of benzene rings is 3. The highest BCUT2D eigenvalue weighted by atomic mass is 32.2. The smallest absolute Gasteiger partial charge is 0.150 e. The second-order valence-electron chi connectivity index (χ2n) is 5.40. The van der Waals surface area contributed by atoms with E-state index in [1.165, 1.54) is 10.9 Å². The molecule has 1 aliphatic heterocycles. The molecule has 0 saturated heterocycles. The molecule has 3 aromatic rings. The Morgan fingerprint density at radius 1 is 0.955 bits per heavy atom. The quantitative estimate of drug-likeness (QED) is 0.694. The molecule has 3 heteroatoms. The molecule has 0 spiro atoms. The maximum absolute atomic E-state index is 6.26. The topological polar surface area (TPSA) is 21.3 Å². The van der Waals surface area contributed by atoms with Gasteiger partial charge in [-0.3, -0.25) is 0 Å². The lowest BCUT2D eigenvalue weighted by Gasteiger charge is -2.13. The van der Waals surface area contributed by atoms with Gasteiger partial charge < -0.3 is 10.1 Å². The molecule has 0 aliphatic carbocycles. The average molecular weight is 307 g/mol. The van der Waals surface area contributed by atoms with Crippen molar-refractivity contribution in [2.45, 2.75) is 5.25 Å². The van der Waals surface area contributed by atoms with Crippen molar-refractivity contribution in [1.82, 2.24) is 0 Å². The van der Waals surface area contributed by atoms with Crippen molar-refractivity contribution >= 4 is 28.2 Å². The Morgan fingerprint density at radius 2 is 1.73 bits per heavy atom. The van der Waals surface area contributed by atoms with E-state index in [-0.39, 0.29) is 0 Å². The van der Waals surface area contributed by atoms with Gasteiger partial charge in [-0.25, -0.2) is 0 Å². The number of nitrogens with one attached hydrogen (secondary N) is 1. The molecule has 0 fully saturated rings. The lowest BCUT2D eigenvalue weighted by molar-refractivity contribution is 0.490. The fourth-order valence-electron chi connectivity index (χ4n) is 3.01. The first-order chi connectivity index (χ1) is 10.9. The fraction of sp³-hybridized carbons (Fsp3) is 0.158. The molecule has 1 unspecified atom stereocenters. The van der Waals surface area contributed by atoms with Gasteiger partial charge in [-0.15, -0.1) is 0 Å². The molecule has 4 rings (SSSR count). The third-order valence-electron chi connectivity index (χ3n) is 4.12. The number of fused-ring (bicyclic) bond motifs is 2. The predicted molar refractivity (Wildman–Crippen MR) is 95.2 cm³/mol. The second-order valence-corrected chi connectivity index (χ2v) is 6.45. The van der Waals surface area contributed by atoms with Crippen LogP contribution in [0.15, 0.2) is 60.7 Å². The summed E-state index contributed by atoms with van der Waals surface area (Å²) in [7, 11) is 0. The summed E-state index contributed by atoms with van der Waals surface area (Å²) in [4.78, 5) is 0. The van der Waals surface area contributed by atoms with Crippen LogP contribution in [-0.4, -0.2) is 12.8 Å². The number of rotatable bonds is 3. The molecule has 1 heterocycles. The molecule has 0 saturated carbocycles. The van der Waals surface area contributed by atoms with E-state index in [1.54, 1.807) is 0 Å². The summed E-state index contributed by atoms with van der Waals surface area (Å²) in [6.07, 6.45) is 2.15. The van der Waals surface area contributed by atoms with Crippen molar-refractivity contribution in [1.29, 1.82) is 0 Å². The van der Waals surface area contributed by atoms with E-state index in [1.807, 2.05) is 36.0 Å². The molecule has 0 radical (unpaired) electrons. The van der Waals surface area contributed by atoms with Gasteiger partial charge in [-0.2, -0.15) is 11.8 Å². The zero-order valence-electron chi connectivity index (χ0n) is 12.4. The van der Waals surface area contributed by atoms with Gasteiger partial charge in [-0.1, -0.05) is 48.5 Å². The maximum Gasteiger partial charge on any atom is 0.150 e. The van der Waals surface area contributed by atoms with Gasteiger partial charge in [0.05, 0.1) is 5.69 Å². The summed E-state index contributed by atoms with van der Waals surface area (Å²) in [5.74, 6) is 1.81. The molecular weight excluding hydrogens is 290 g/mol. The number of para-hydroxylation sites is 1. The van der Waals surface area contributed by atoms with E-state index in [0.717, 1.165) is 29.1 Å². The van der Waals surface area contributed by atoms with Crippen molar-refractivity contribution in [3.63, 3.8) is 0 Å². The van der Waals surface area contributed by atoms with Gasteiger partial charge in [0.25, 0.3) is 0 Å². The van der Waals surface area contributed by atoms with Crippen LogP contribution in [0.1, 0.15) is 10.8 Å². The number of anilines is 1. The van der Waals surface area contributed by atoms with Crippen LogP contribution >= 0.6 is 11.8 Å². The van der Waals surface area contributed by atoms with E-state index in [4.69, 9.17) is 4.74 Å². The van der Waals surface area contributed by atoms with Crippen molar-refractivity contribution in [2.75, 3.05) is 18.1 Å². The Kier molecular flexibility index (Phi) is 3.43. The minimum atomic E-state index is 0.506. The first-order valence-electron chi connectivity index (χ1n) is 7.42. The Morgan fingerprint density at radius 3 is 2.64 bits per heavy atom. The van der Waals surface area contributed by atoms with Gasteiger partial charge in [0.1, 0.15) is 5.75 Å². The summed E-state index contributed by atoms with van der Waals surface area (Å²) < 4.78 is 6.26. The first-order valence-corrected chi connectivity index (χ1v) is 8.71. The first kappa shape index (κ1) is 13.5. The van der Waals surface area contributed by atoms with E-state index in [2.05, 4.69) is 48.0 Å². The summed E-state index contributed by atoms with van der Waals surface area (Å²) in [5.41, 5.74) is 2.47. The number of hydrogen-bond donors (Lipinski definition) is 1. The van der Waals surface area contributed by atoms with E-state index in [9.17, 15) is 0 Å². The minimum absolute atomic E-state index is 0.506. The molecule has 0 aromatic heterocycles. The zero-order valence-corrected chi connectivity index (χ0v) is 13.2. The van der Waals surface area contributed by atoms with E-state index >= 15 is 0 Å². The number of hydrogen-bond acceptors (Lipinski definition) is 3.